The average Bonchev–Trinajstić information content (AvgIpc) is 2.34. The van der Waals surface area contributed by atoms with Crippen LogP contribution in [-0.4, -0.2) is 28.4 Å². The van der Waals surface area contributed by atoms with Crippen molar-refractivity contribution < 1.29 is 9.59 Å². The van der Waals surface area contributed by atoms with E-state index in [0.29, 0.717) is 6.54 Å². The minimum absolute atomic E-state index is 0.0840. The van der Waals surface area contributed by atoms with Crippen molar-refractivity contribution in [2.45, 2.75) is 19.9 Å². The van der Waals surface area contributed by atoms with Gasteiger partial charge >= 0.3 is 6.03 Å². The van der Waals surface area contributed by atoms with E-state index in [4.69, 9.17) is 0 Å². The molecule has 1 N–H and O–H groups in total. The molecule has 2 unspecified atom stereocenters. The van der Waals surface area contributed by atoms with Gasteiger partial charge in [-0.2, -0.15) is 0 Å². The van der Waals surface area contributed by atoms with Gasteiger partial charge in [-0.15, -0.1) is 0 Å². The van der Waals surface area contributed by atoms with E-state index in [1.165, 1.54) is 0 Å². The SMILES string of the molecule is CC1CN(C(C)c2cccnc2)C(=O)NC1=O. The van der Waals surface area contributed by atoms with Crippen LogP contribution < -0.4 is 5.32 Å². The predicted octanol–water partition coefficient (Wildman–Crippen LogP) is 1.33. The molecule has 1 aliphatic rings. The quantitative estimate of drug-likeness (QED) is 0.838. The van der Waals surface area contributed by atoms with Crippen LogP contribution in [0.2, 0.25) is 0 Å². The van der Waals surface area contributed by atoms with Crippen molar-refractivity contribution in [2.24, 2.45) is 5.92 Å². The van der Waals surface area contributed by atoms with Gasteiger partial charge in [0.2, 0.25) is 5.91 Å². The molecule has 2 heterocycles. The molecular formula is C12H15N3O2. The van der Waals surface area contributed by atoms with Crippen LogP contribution in [0.5, 0.6) is 0 Å². The molecule has 0 bridgehead atoms. The maximum atomic E-state index is 11.7. The fourth-order valence-corrected chi connectivity index (χ4v) is 1.90. The fraction of sp³-hybridized carbons (Fsp3) is 0.417. The number of aromatic nitrogens is 1. The lowest BCUT2D eigenvalue weighted by Crippen LogP contribution is -2.54. The second-order valence-corrected chi connectivity index (χ2v) is 4.31. The number of nitrogens with one attached hydrogen (secondary N) is 1. The van der Waals surface area contributed by atoms with E-state index in [9.17, 15) is 9.59 Å². The molecule has 1 saturated heterocycles. The Hall–Kier alpha value is -1.91. The van der Waals surface area contributed by atoms with Gasteiger partial charge in [0.05, 0.1) is 12.0 Å². The van der Waals surface area contributed by atoms with E-state index in [2.05, 4.69) is 10.3 Å². The second-order valence-electron chi connectivity index (χ2n) is 4.31. The Morgan fingerprint density at radius 2 is 2.29 bits per heavy atom. The van der Waals surface area contributed by atoms with Crippen molar-refractivity contribution in [2.75, 3.05) is 6.54 Å². The van der Waals surface area contributed by atoms with Gasteiger partial charge in [0.15, 0.2) is 0 Å². The van der Waals surface area contributed by atoms with Gasteiger partial charge in [-0.3, -0.25) is 15.1 Å². The lowest BCUT2D eigenvalue weighted by molar-refractivity contribution is -0.125. The molecule has 5 nitrogen and oxygen atoms in total. The van der Waals surface area contributed by atoms with Gasteiger partial charge in [0.1, 0.15) is 0 Å². The molecule has 1 fully saturated rings. The minimum atomic E-state index is -0.329. The van der Waals surface area contributed by atoms with Crippen LogP contribution in [0, 0.1) is 5.92 Å². The van der Waals surface area contributed by atoms with E-state index in [0.717, 1.165) is 5.56 Å². The molecule has 1 aliphatic heterocycles. The first kappa shape index (κ1) is 11.6. The van der Waals surface area contributed by atoms with Crippen molar-refractivity contribution in [3.8, 4) is 0 Å². The Labute approximate surface area is 99.8 Å². The molecule has 0 aromatic carbocycles. The summed E-state index contributed by atoms with van der Waals surface area (Å²) in [6.07, 6.45) is 3.43. The van der Waals surface area contributed by atoms with Crippen LogP contribution in [0.15, 0.2) is 24.5 Å². The Morgan fingerprint density at radius 1 is 1.53 bits per heavy atom. The summed E-state index contributed by atoms with van der Waals surface area (Å²) >= 11 is 0. The summed E-state index contributed by atoms with van der Waals surface area (Å²) < 4.78 is 0. The molecule has 0 aliphatic carbocycles. The van der Waals surface area contributed by atoms with Crippen molar-refractivity contribution in [3.05, 3.63) is 30.1 Å². The number of carbonyl (C=O) groups is 2. The van der Waals surface area contributed by atoms with Crippen LogP contribution >= 0.6 is 0 Å². The van der Waals surface area contributed by atoms with Crippen LogP contribution in [0.1, 0.15) is 25.5 Å². The average molecular weight is 233 g/mol. The van der Waals surface area contributed by atoms with Crippen LogP contribution in [0.25, 0.3) is 0 Å². The highest BCUT2D eigenvalue weighted by Gasteiger charge is 2.32. The molecule has 5 heteroatoms. The molecule has 0 spiro atoms. The summed E-state index contributed by atoms with van der Waals surface area (Å²) in [6.45, 7) is 4.19. The van der Waals surface area contributed by atoms with Gasteiger partial charge in [-0.1, -0.05) is 13.0 Å². The first-order chi connectivity index (χ1) is 8.09. The highest BCUT2D eigenvalue weighted by Crippen LogP contribution is 2.22. The smallest absolute Gasteiger partial charge is 0.317 e. The minimum Gasteiger partial charge on any atom is -0.317 e. The molecule has 1 aromatic heterocycles. The van der Waals surface area contributed by atoms with E-state index in [1.807, 2.05) is 26.0 Å². The third kappa shape index (κ3) is 2.27. The zero-order chi connectivity index (χ0) is 12.4. The van der Waals surface area contributed by atoms with E-state index < -0.39 is 0 Å². The molecule has 3 amide bonds. The fourth-order valence-electron chi connectivity index (χ4n) is 1.90. The van der Waals surface area contributed by atoms with Gasteiger partial charge in [-0.25, -0.2) is 4.79 Å². The Bertz CT molecular complexity index is 433. The summed E-state index contributed by atoms with van der Waals surface area (Å²) in [7, 11) is 0. The van der Waals surface area contributed by atoms with E-state index >= 15 is 0 Å². The highest BCUT2D eigenvalue weighted by atomic mass is 16.2. The van der Waals surface area contributed by atoms with Gasteiger partial charge in [0.25, 0.3) is 0 Å². The topological polar surface area (TPSA) is 62.3 Å². The second kappa shape index (κ2) is 4.53. The van der Waals surface area contributed by atoms with Crippen LogP contribution in [-0.2, 0) is 4.79 Å². The number of hydrogen-bond acceptors (Lipinski definition) is 3. The number of urea groups is 1. The van der Waals surface area contributed by atoms with Gasteiger partial charge in [-0.05, 0) is 18.6 Å². The molecule has 0 saturated carbocycles. The van der Waals surface area contributed by atoms with Crippen LogP contribution in [0.4, 0.5) is 4.79 Å². The summed E-state index contributed by atoms with van der Waals surface area (Å²) in [5.41, 5.74) is 0.962. The third-order valence-corrected chi connectivity index (χ3v) is 3.04. The Kier molecular flexibility index (Phi) is 3.08. The highest BCUT2D eigenvalue weighted by molar-refractivity contribution is 5.97. The number of amides is 3. The number of imide groups is 1. The standard InChI is InChI=1S/C12H15N3O2/c1-8-7-15(12(17)14-11(8)16)9(2)10-4-3-5-13-6-10/h3-6,8-9H,7H2,1-2H3,(H,14,16,17). The number of carbonyl (C=O) groups excluding carboxylic acids is 2. The molecule has 0 radical (unpaired) electrons. The van der Waals surface area contributed by atoms with Crippen molar-refractivity contribution in [1.82, 2.24) is 15.2 Å². The monoisotopic (exact) mass is 233 g/mol. The Morgan fingerprint density at radius 3 is 2.94 bits per heavy atom. The number of hydrogen-bond donors (Lipinski definition) is 1. The zero-order valence-electron chi connectivity index (χ0n) is 9.88. The van der Waals surface area contributed by atoms with Crippen molar-refractivity contribution in [3.63, 3.8) is 0 Å². The summed E-state index contributed by atoms with van der Waals surface area (Å²) in [6, 6.07) is 3.35. The lowest BCUT2D eigenvalue weighted by atomic mass is 10.0. The summed E-state index contributed by atoms with van der Waals surface area (Å²) in [5.74, 6) is -0.378. The van der Waals surface area contributed by atoms with Crippen LogP contribution in [0.3, 0.4) is 0 Å². The molecule has 17 heavy (non-hydrogen) atoms. The molecule has 1 aromatic rings. The lowest BCUT2D eigenvalue weighted by Gasteiger charge is -2.35. The van der Waals surface area contributed by atoms with Gasteiger partial charge in [0, 0.05) is 18.9 Å². The normalized spacial score (nSPS) is 22.2. The summed E-state index contributed by atoms with van der Waals surface area (Å²) in [4.78, 5) is 28.8. The first-order valence-corrected chi connectivity index (χ1v) is 5.61. The number of nitrogens with zero attached hydrogens (tertiary/aromatic N) is 2. The number of pyridine rings is 1. The molecule has 2 atom stereocenters. The zero-order valence-corrected chi connectivity index (χ0v) is 9.88. The number of rotatable bonds is 2. The molecular weight excluding hydrogens is 218 g/mol. The van der Waals surface area contributed by atoms with E-state index in [1.54, 1.807) is 17.3 Å². The largest absolute Gasteiger partial charge is 0.324 e. The predicted molar refractivity (Wildman–Crippen MR) is 62.1 cm³/mol. The summed E-state index contributed by atoms with van der Waals surface area (Å²) in [5, 5.41) is 2.36. The molecule has 2 rings (SSSR count). The van der Waals surface area contributed by atoms with Crippen molar-refractivity contribution in [1.29, 1.82) is 0 Å². The maximum absolute atomic E-state index is 11.7. The van der Waals surface area contributed by atoms with Crippen molar-refractivity contribution >= 4 is 11.9 Å². The maximum Gasteiger partial charge on any atom is 0.324 e. The van der Waals surface area contributed by atoms with Gasteiger partial charge < -0.3 is 4.90 Å². The molecule has 90 valence electrons. The van der Waals surface area contributed by atoms with E-state index in [-0.39, 0.29) is 23.9 Å². The Balaban J connectivity index is 2.17. The first-order valence-electron chi connectivity index (χ1n) is 5.61. The third-order valence-electron chi connectivity index (χ3n) is 3.04.